The molecule has 6 rings (SSSR count). The molecule has 0 N–H and O–H groups in total. The fourth-order valence-electron chi connectivity index (χ4n) is 5.15. The minimum atomic E-state index is -0.614. The van der Waals surface area contributed by atoms with Gasteiger partial charge in [0.1, 0.15) is 5.82 Å². The van der Waals surface area contributed by atoms with Crippen LogP contribution < -0.4 is 4.74 Å². The highest BCUT2D eigenvalue weighted by Crippen LogP contribution is 2.58. The number of fused-ring (bicyclic) bond motifs is 2. The molecule has 7 heteroatoms. The summed E-state index contributed by atoms with van der Waals surface area (Å²) in [6.45, 7) is 7.84. The van der Waals surface area contributed by atoms with Gasteiger partial charge < -0.3 is 13.9 Å². The summed E-state index contributed by atoms with van der Waals surface area (Å²) in [5.41, 5.74) is 1.38. The van der Waals surface area contributed by atoms with E-state index in [1.165, 1.54) is 6.07 Å². The lowest BCUT2D eigenvalue weighted by atomic mass is 9.62. The molecule has 168 valence electrons. The first-order valence-corrected chi connectivity index (χ1v) is 10.9. The normalized spacial score (nSPS) is 24.2. The fraction of sp³-hybridized carbons (Fsp3) is 0.440. The van der Waals surface area contributed by atoms with E-state index in [0.717, 1.165) is 18.5 Å². The fourth-order valence-corrected chi connectivity index (χ4v) is 5.15. The highest BCUT2D eigenvalue weighted by molar-refractivity contribution is 5.98. The van der Waals surface area contributed by atoms with Crippen molar-refractivity contribution in [2.75, 3.05) is 6.61 Å². The van der Waals surface area contributed by atoms with Gasteiger partial charge >= 0.3 is 0 Å². The highest BCUT2D eigenvalue weighted by atomic mass is 19.1. The number of ether oxygens (including phenoxy) is 2. The van der Waals surface area contributed by atoms with E-state index >= 15 is 4.39 Å². The van der Waals surface area contributed by atoms with Crippen molar-refractivity contribution < 1.29 is 23.0 Å². The predicted octanol–water partition coefficient (Wildman–Crippen LogP) is 4.95. The number of pyridine rings is 1. The van der Waals surface area contributed by atoms with Crippen molar-refractivity contribution in [3.8, 4) is 5.75 Å². The summed E-state index contributed by atoms with van der Waals surface area (Å²) in [7, 11) is 0. The summed E-state index contributed by atoms with van der Waals surface area (Å²) in [4.78, 5) is 17.5. The molecule has 3 fully saturated rings. The molecule has 5 nitrogen and oxygen atoms in total. The second-order valence-corrected chi connectivity index (χ2v) is 9.73. The van der Waals surface area contributed by atoms with Crippen LogP contribution in [0.3, 0.4) is 0 Å². The Labute approximate surface area is 185 Å². The lowest BCUT2D eigenvalue weighted by Crippen LogP contribution is -2.45. The van der Waals surface area contributed by atoms with Crippen molar-refractivity contribution in [1.82, 2.24) is 9.38 Å². The molecule has 3 aromatic rings. The molecule has 2 aromatic heterocycles. The highest BCUT2D eigenvalue weighted by Gasteiger charge is 2.61. The van der Waals surface area contributed by atoms with Gasteiger partial charge in [-0.05, 0) is 52.2 Å². The van der Waals surface area contributed by atoms with E-state index in [1.54, 1.807) is 43.5 Å². The van der Waals surface area contributed by atoms with Crippen molar-refractivity contribution in [2.24, 2.45) is 0 Å². The quantitative estimate of drug-likeness (QED) is 0.509. The zero-order valence-electron chi connectivity index (χ0n) is 18.7. The zero-order valence-corrected chi connectivity index (χ0v) is 18.7. The average Bonchev–Trinajstić information content (AvgIpc) is 3.38. The number of aryl methyl sites for hydroxylation is 1. The Hall–Kier alpha value is -2.80. The monoisotopic (exact) mass is 440 g/mol. The minimum absolute atomic E-state index is 0.00955. The maximum atomic E-state index is 15.6. The maximum Gasteiger partial charge on any atom is 0.208 e. The molecule has 1 aliphatic carbocycles. The predicted molar refractivity (Wildman–Crippen MR) is 115 cm³/mol. The first kappa shape index (κ1) is 21.1. The molecule has 4 heterocycles. The van der Waals surface area contributed by atoms with Gasteiger partial charge in [-0.25, -0.2) is 9.37 Å². The van der Waals surface area contributed by atoms with E-state index in [0.29, 0.717) is 17.7 Å². The third kappa shape index (κ3) is 3.22. The molecule has 2 saturated heterocycles. The second-order valence-electron chi connectivity index (χ2n) is 9.73. The van der Waals surface area contributed by atoms with Crippen LogP contribution in [-0.2, 0) is 16.6 Å². The minimum Gasteiger partial charge on any atom is -0.487 e. The number of Topliss-reactive ketones (excluding diaryl/α,β-unsaturated/α-hetero) is 1. The number of hydrogen-bond donors (Lipinski definition) is 0. The number of rotatable bonds is 6. The van der Waals surface area contributed by atoms with E-state index in [2.05, 4.69) is 11.9 Å². The molecular weight excluding hydrogens is 414 g/mol. The van der Waals surface area contributed by atoms with Gasteiger partial charge in [-0.3, -0.25) is 4.79 Å². The van der Waals surface area contributed by atoms with Crippen LogP contribution in [0.5, 0.6) is 5.75 Å². The summed E-state index contributed by atoms with van der Waals surface area (Å²) in [5, 5.41) is 0. The molecule has 1 aromatic carbocycles. The molecule has 2 bridgehead atoms. The van der Waals surface area contributed by atoms with Gasteiger partial charge in [0.2, 0.25) is 5.82 Å². The Bertz CT molecular complexity index is 1240. The Morgan fingerprint density at radius 1 is 1.25 bits per heavy atom. The number of hydrogen-bond acceptors (Lipinski definition) is 4. The Kier molecular flexibility index (Phi) is 4.68. The maximum absolute atomic E-state index is 15.6. The standard InChI is InChI=1S/C25H26F2N2O3/c1-14(2)32-22-16(8-18(30)17-7-5-6-15(3)20(17)26)9-29-10-19(28-23(29)21(22)27)25-11-24(4,12-25)31-13-25/h5-7,9-10,14H,8,11-13H2,1-4H3. The molecule has 0 amide bonds. The van der Waals surface area contributed by atoms with Gasteiger partial charge in [0, 0.05) is 29.8 Å². The SMILES string of the molecule is Cc1cccc(C(=O)Cc2cn3cc(C45COC(C)(C4)C5)nc3c(F)c2OC(C)C)c1F. The van der Waals surface area contributed by atoms with Crippen LogP contribution in [0, 0.1) is 18.6 Å². The third-order valence-corrected chi connectivity index (χ3v) is 6.58. The van der Waals surface area contributed by atoms with Crippen LogP contribution in [0.2, 0.25) is 0 Å². The van der Waals surface area contributed by atoms with Crippen LogP contribution in [-0.4, -0.2) is 33.5 Å². The van der Waals surface area contributed by atoms with Crippen LogP contribution in [0.25, 0.3) is 5.65 Å². The van der Waals surface area contributed by atoms with Crippen LogP contribution in [0.15, 0.2) is 30.6 Å². The topological polar surface area (TPSA) is 52.8 Å². The van der Waals surface area contributed by atoms with E-state index in [4.69, 9.17) is 9.47 Å². The number of nitrogens with zero attached hydrogens (tertiary/aromatic N) is 2. The first-order chi connectivity index (χ1) is 15.1. The summed E-state index contributed by atoms with van der Waals surface area (Å²) >= 11 is 0. The van der Waals surface area contributed by atoms with Crippen molar-refractivity contribution in [2.45, 2.75) is 64.1 Å². The molecule has 0 radical (unpaired) electrons. The molecule has 32 heavy (non-hydrogen) atoms. The lowest BCUT2D eigenvalue weighted by Gasteiger charge is -2.41. The molecule has 0 atom stereocenters. The van der Waals surface area contributed by atoms with Crippen molar-refractivity contribution >= 4 is 11.4 Å². The lowest BCUT2D eigenvalue weighted by molar-refractivity contribution is 0.0154. The zero-order chi connectivity index (χ0) is 22.8. The average molecular weight is 440 g/mol. The van der Waals surface area contributed by atoms with Crippen LogP contribution in [0.4, 0.5) is 8.78 Å². The smallest absolute Gasteiger partial charge is 0.208 e. The Morgan fingerprint density at radius 2 is 2.00 bits per heavy atom. The second kappa shape index (κ2) is 7.10. The summed E-state index contributed by atoms with van der Waals surface area (Å²) in [6.07, 6.45) is 4.71. The summed E-state index contributed by atoms with van der Waals surface area (Å²) < 4.78 is 43.3. The van der Waals surface area contributed by atoms with Gasteiger partial charge in [0.05, 0.1) is 29.6 Å². The third-order valence-electron chi connectivity index (χ3n) is 6.58. The van der Waals surface area contributed by atoms with Crippen molar-refractivity contribution in [1.29, 1.82) is 0 Å². The number of halogens is 2. The van der Waals surface area contributed by atoms with Gasteiger partial charge in [-0.15, -0.1) is 0 Å². The van der Waals surface area contributed by atoms with Crippen molar-refractivity contribution in [3.05, 3.63) is 64.6 Å². The van der Waals surface area contributed by atoms with Gasteiger partial charge in [-0.2, -0.15) is 4.39 Å². The number of carbonyl (C=O) groups excluding carboxylic acids is 1. The number of benzene rings is 1. The number of carbonyl (C=O) groups is 1. The van der Waals surface area contributed by atoms with E-state index < -0.39 is 17.4 Å². The van der Waals surface area contributed by atoms with E-state index in [1.807, 2.05) is 6.20 Å². The molecule has 2 aliphatic heterocycles. The molecular formula is C25H26F2N2O3. The Balaban J connectivity index is 1.56. The van der Waals surface area contributed by atoms with E-state index in [9.17, 15) is 9.18 Å². The Morgan fingerprint density at radius 3 is 2.66 bits per heavy atom. The molecule has 3 aliphatic rings. The van der Waals surface area contributed by atoms with Crippen molar-refractivity contribution in [3.63, 3.8) is 0 Å². The first-order valence-electron chi connectivity index (χ1n) is 10.9. The van der Waals surface area contributed by atoms with Crippen LogP contribution >= 0.6 is 0 Å². The van der Waals surface area contributed by atoms with Gasteiger partial charge in [0.15, 0.2) is 17.2 Å². The number of imidazole rings is 1. The number of aromatic nitrogens is 2. The molecule has 0 unspecified atom stereocenters. The van der Waals surface area contributed by atoms with Gasteiger partial charge in [-0.1, -0.05) is 12.1 Å². The molecule has 1 saturated carbocycles. The largest absolute Gasteiger partial charge is 0.487 e. The van der Waals surface area contributed by atoms with Gasteiger partial charge in [0.25, 0.3) is 0 Å². The van der Waals surface area contributed by atoms with Crippen LogP contribution in [0.1, 0.15) is 60.8 Å². The summed E-state index contributed by atoms with van der Waals surface area (Å²) in [5.74, 6) is -1.61. The molecule has 0 spiro atoms. The summed E-state index contributed by atoms with van der Waals surface area (Å²) in [6, 6.07) is 4.69. The van der Waals surface area contributed by atoms with E-state index in [-0.39, 0.29) is 40.5 Å². The number of ketones is 1.